The Balaban J connectivity index is 1.75. The molecule has 0 spiro atoms. The minimum absolute atomic E-state index is 0.412. The first-order valence-corrected chi connectivity index (χ1v) is 9.44. The Morgan fingerprint density at radius 1 is 1.00 bits per heavy atom. The summed E-state index contributed by atoms with van der Waals surface area (Å²) in [5, 5.41) is 0. The molecule has 1 unspecified atom stereocenters. The smallest absolute Gasteiger partial charge is 0.226 e. The number of aromatic nitrogens is 1. The van der Waals surface area contributed by atoms with Crippen LogP contribution in [0, 0.1) is 20.8 Å². The van der Waals surface area contributed by atoms with Crippen LogP contribution in [-0.4, -0.2) is 9.19 Å². The van der Waals surface area contributed by atoms with E-state index in [1.54, 1.807) is 0 Å². The van der Waals surface area contributed by atoms with Crippen LogP contribution in [0.1, 0.15) is 28.1 Å². The summed E-state index contributed by atoms with van der Waals surface area (Å²) in [6.07, 6.45) is 0. The largest absolute Gasteiger partial charge is 0.441 e. The fraction of sp³-hybridized carbons (Fsp3) is 0.250. The van der Waals surface area contributed by atoms with Crippen molar-refractivity contribution >= 4 is 10.8 Å². The highest BCUT2D eigenvalue weighted by atomic mass is 32.2. The predicted molar refractivity (Wildman–Crippen MR) is 98.1 cm³/mol. The second kappa shape index (κ2) is 7.14. The Kier molecular flexibility index (Phi) is 4.95. The van der Waals surface area contributed by atoms with Crippen molar-refractivity contribution in [3.8, 4) is 11.5 Å². The molecule has 0 aliphatic rings. The molecule has 4 heteroatoms. The standard InChI is InChI=1S/C20H21NO2S/c1-14-9-10-15(2)18(11-14)12-24(22)13-19-16(3)23-20(21-19)17-7-5-4-6-8-17/h4-11H,12-13H2,1-3H3. The Labute approximate surface area is 145 Å². The molecule has 1 atom stereocenters. The summed E-state index contributed by atoms with van der Waals surface area (Å²) in [7, 11) is -1.02. The molecule has 24 heavy (non-hydrogen) atoms. The average Bonchev–Trinajstić information content (AvgIpc) is 2.92. The van der Waals surface area contributed by atoms with E-state index in [9.17, 15) is 4.21 Å². The molecular formula is C20H21NO2S. The first-order chi connectivity index (χ1) is 11.5. The van der Waals surface area contributed by atoms with Gasteiger partial charge < -0.3 is 4.42 Å². The SMILES string of the molecule is Cc1ccc(C)c(CS(=O)Cc2nc(-c3ccccc3)oc2C)c1. The van der Waals surface area contributed by atoms with Gasteiger partial charge in [-0.05, 0) is 44.0 Å². The first kappa shape index (κ1) is 16.7. The molecule has 0 fully saturated rings. The molecule has 0 N–H and O–H groups in total. The molecule has 3 nitrogen and oxygen atoms in total. The molecule has 0 bridgehead atoms. The predicted octanol–water partition coefficient (Wildman–Crippen LogP) is 4.72. The molecule has 124 valence electrons. The maximum atomic E-state index is 12.6. The molecule has 3 rings (SSSR count). The van der Waals surface area contributed by atoms with Crippen LogP contribution < -0.4 is 0 Å². The summed E-state index contributed by atoms with van der Waals surface area (Å²) < 4.78 is 18.3. The molecule has 1 heterocycles. The lowest BCUT2D eigenvalue weighted by molar-refractivity contribution is 0.540. The van der Waals surface area contributed by atoms with Gasteiger partial charge in [-0.15, -0.1) is 0 Å². The van der Waals surface area contributed by atoms with Gasteiger partial charge >= 0.3 is 0 Å². The third-order valence-electron chi connectivity index (χ3n) is 4.03. The van der Waals surface area contributed by atoms with Gasteiger partial charge in [0.2, 0.25) is 5.89 Å². The number of rotatable bonds is 5. The van der Waals surface area contributed by atoms with Crippen molar-refractivity contribution < 1.29 is 8.63 Å². The summed E-state index contributed by atoms with van der Waals surface area (Å²) >= 11 is 0. The molecule has 0 aliphatic carbocycles. The van der Waals surface area contributed by atoms with Gasteiger partial charge in [0.05, 0.1) is 11.4 Å². The average molecular weight is 339 g/mol. The van der Waals surface area contributed by atoms with Gasteiger partial charge in [-0.3, -0.25) is 4.21 Å². The van der Waals surface area contributed by atoms with Crippen molar-refractivity contribution in [2.75, 3.05) is 0 Å². The van der Waals surface area contributed by atoms with Crippen molar-refractivity contribution in [3.05, 3.63) is 76.7 Å². The van der Waals surface area contributed by atoms with Crippen LogP contribution in [0.4, 0.5) is 0 Å². The molecule has 2 aromatic carbocycles. The Hall–Kier alpha value is -2.20. The van der Waals surface area contributed by atoms with Crippen LogP contribution in [0.25, 0.3) is 11.5 Å². The number of hydrogen-bond acceptors (Lipinski definition) is 3. The lowest BCUT2D eigenvalue weighted by Crippen LogP contribution is -2.02. The zero-order valence-electron chi connectivity index (χ0n) is 14.2. The van der Waals surface area contributed by atoms with Crippen LogP contribution in [-0.2, 0) is 22.3 Å². The van der Waals surface area contributed by atoms with E-state index in [-0.39, 0.29) is 0 Å². The lowest BCUT2D eigenvalue weighted by atomic mass is 10.1. The molecule has 0 aliphatic heterocycles. The zero-order valence-corrected chi connectivity index (χ0v) is 15.0. The van der Waals surface area contributed by atoms with Crippen molar-refractivity contribution in [1.82, 2.24) is 4.98 Å². The lowest BCUT2D eigenvalue weighted by Gasteiger charge is -2.06. The Morgan fingerprint density at radius 3 is 2.50 bits per heavy atom. The van der Waals surface area contributed by atoms with Crippen LogP contribution in [0.5, 0.6) is 0 Å². The van der Waals surface area contributed by atoms with E-state index in [1.165, 1.54) is 11.1 Å². The molecular weight excluding hydrogens is 318 g/mol. The van der Waals surface area contributed by atoms with Gasteiger partial charge in [0, 0.05) is 22.1 Å². The molecule has 0 saturated carbocycles. The topological polar surface area (TPSA) is 43.1 Å². The molecule has 1 aromatic heterocycles. The van der Waals surface area contributed by atoms with Crippen molar-refractivity contribution in [1.29, 1.82) is 0 Å². The van der Waals surface area contributed by atoms with Gasteiger partial charge in [-0.2, -0.15) is 0 Å². The minimum atomic E-state index is -1.02. The Morgan fingerprint density at radius 2 is 1.75 bits per heavy atom. The second-order valence-corrected chi connectivity index (χ2v) is 7.50. The third-order valence-corrected chi connectivity index (χ3v) is 5.26. The Bertz CT molecular complexity index is 869. The van der Waals surface area contributed by atoms with Gasteiger partial charge in [0.25, 0.3) is 0 Å². The quantitative estimate of drug-likeness (QED) is 0.676. The molecule has 0 radical (unpaired) electrons. The van der Waals surface area contributed by atoms with Gasteiger partial charge in [-0.1, -0.05) is 42.0 Å². The highest BCUT2D eigenvalue weighted by Gasteiger charge is 2.14. The third kappa shape index (κ3) is 3.82. The van der Waals surface area contributed by atoms with Crippen molar-refractivity contribution in [2.45, 2.75) is 32.3 Å². The summed E-state index contributed by atoms with van der Waals surface area (Å²) in [4.78, 5) is 4.54. The van der Waals surface area contributed by atoms with Crippen molar-refractivity contribution in [3.63, 3.8) is 0 Å². The number of aryl methyl sites for hydroxylation is 3. The molecule has 0 saturated heterocycles. The van der Waals surface area contributed by atoms with Crippen LogP contribution in [0.15, 0.2) is 52.9 Å². The summed E-state index contributed by atoms with van der Waals surface area (Å²) in [6.45, 7) is 5.99. The van der Waals surface area contributed by atoms with E-state index in [1.807, 2.05) is 37.3 Å². The number of oxazole rings is 1. The van der Waals surface area contributed by atoms with E-state index in [2.05, 4.69) is 37.0 Å². The zero-order chi connectivity index (χ0) is 17.1. The summed E-state index contributed by atoms with van der Waals surface area (Å²) in [5.74, 6) is 2.28. The van der Waals surface area contributed by atoms with Gasteiger partial charge in [-0.25, -0.2) is 4.98 Å². The van der Waals surface area contributed by atoms with E-state index < -0.39 is 10.8 Å². The highest BCUT2D eigenvalue weighted by Crippen LogP contribution is 2.23. The van der Waals surface area contributed by atoms with Crippen molar-refractivity contribution in [2.24, 2.45) is 0 Å². The molecule has 3 aromatic rings. The van der Waals surface area contributed by atoms with Gasteiger partial charge in [0.15, 0.2) is 0 Å². The number of hydrogen-bond donors (Lipinski definition) is 0. The van der Waals surface area contributed by atoms with Crippen LogP contribution in [0.3, 0.4) is 0 Å². The second-order valence-electron chi connectivity index (χ2n) is 6.05. The van der Waals surface area contributed by atoms with E-state index in [0.717, 1.165) is 22.6 Å². The summed E-state index contributed by atoms with van der Waals surface area (Å²) in [5.41, 5.74) is 5.22. The first-order valence-electron chi connectivity index (χ1n) is 7.96. The normalized spacial score (nSPS) is 12.3. The maximum absolute atomic E-state index is 12.6. The van der Waals surface area contributed by atoms with Crippen LogP contribution >= 0.6 is 0 Å². The fourth-order valence-corrected chi connectivity index (χ4v) is 3.93. The number of benzene rings is 2. The van der Waals surface area contributed by atoms with E-state index in [0.29, 0.717) is 17.4 Å². The highest BCUT2D eigenvalue weighted by molar-refractivity contribution is 7.83. The number of nitrogens with zero attached hydrogens (tertiary/aromatic N) is 1. The maximum Gasteiger partial charge on any atom is 0.226 e. The van der Waals surface area contributed by atoms with E-state index >= 15 is 0 Å². The monoisotopic (exact) mass is 339 g/mol. The molecule has 0 amide bonds. The van der Waals surface area contributed by atoms with Crippen LogP contribution in [0.2, 0.25) is 0 Å². The summed E-state index contributed by atoms with van der Waals surface area (Å²) in [6, 6.07) is 16.1. The van der Waals surface area contributed by atoms with E-state index in [4.69, 9.17) is 4.42 Å². The van der Waals surface area contributed by atoms with Gasteiger partial charge in [0.1, 0.15) is 5.76 Å². The minimum Gasteiger partial charge on any atom is -0.441 e. The fourth-order valence-electron chi connectivity index (χ4n) is 2.60.